The van der Waals surface area contributed by atoms with Crippen molar-refractivity contribution in [2.75, 3.05) is 39.4 Å². The summed E-state index contributed by atoms with van der Waals surface area (Å²) in [6.45, 7) is 9.79. The number of nitrogens with zero attached hydrogens (tertiary/aromatic N) is 3. The molecule has 3 atom stereocenters. The van der Waals surface area contributed by atoms with Crippen molar-refractivity contribution in [2.45, 2.75) is 51.8 Å². The van der Waals surface area contributed by atoms with Crippen LogP contribution in [-0.2, 0) is 14.3 Å². The number of benzene rings is 1. The minimum Gasteiger partial charge on any atom is -0.391 e. The Kier molecular flexibility index (Phi) is 8.39. The lowest BCUT2D eigenvalue weighted by atomic mass is 9.91. The van der Waals surface area contributed by atoms with E-state index in [1.165, 1.54) is 0 Å². The molecule has 2 aliphatic heterocycles. The molecule has 2 saturated heterocycles. The molecule has 8 heteroatoms. The minimum absolute atomic E-state index is 0.0928. The van der Waals surface area contributed by atoms with Crippen LogP contribution in [0.3, 0.4) is 0 Å². The Labute approximate surface area is 213 Å². The maximum atomic E-state index is 13.5. The molecule has 2 N–H and O–H groups in total. The molecule has 2 fully saturated rings. The van der Waals surface area contributed by atoms with Crippen LogP contribution in [0.5, 0.6) is 0 Å². The first-order chi connectivity index (χ1) is 17.2. The van der Waals surface area contributed by atoms with Gasteiger partial charge in [-0.3, -0.25) is 19.5 Å². The third kappa shape index (κ3) is 6.90. The second kappa shape index (κ2) is 11.5. The second-order valence-electron chi connectivity index (χ2n) is 11.0. The number of rotatable bonds is 7. The fourth-order valence-electron chi connectivity index (χ4n) is 4.88. The summed E-state index contributed by atoms with van der Waals surface area (Å²) in [5.74, 6) is -0.312. The van der Waals surface area contributed by atoms with Gasteiger partial charge in [0.2, 0.25) is 11.8 Å². The number of nitrogens with one attached hydrogen (secondary N) is 1. The van der Waals surface area contributed by atoms with Crippen molar-refractivity contribution in [1.29, 1.82) is 0 Å². The summed E-state index contributed by atoms with van der Waals surface area (Å²) in [6, 6.07) is 11.2. The van der Waals surface area contributed by atoms with Crippen molar-refractivity contribution in [2.24, 2.45) is 5.41 Å². The molecule has 0 unspecified atom stereocenters. The van der Waals surface area contributed by atoms with Crippen LogP contribution >= 0.6 is 0 Å². The Morgan fingerprint density at radius 1 is 1.14 bits per heavy atom. The van der Waals surface area contributed by atoms with Gasteiger partial charge < -0.3 is 20.1 Å². The molecule has 0 radical (unpaired) electrons. The third-order valence-corrected chi connectivity index (χ3v) is 6.75. The smallest absolute Gasteiger partial charge is 0.243 e. The minimum atomic E-state index is -0.693. The number of β-amino-alcohol motifs (C(OH)–C–C–N with tert-alkyl or cyclic N) is 1. The largest absolute Gasteiger partial charge is 0.391 e. The molecular weight excluding hydrogens is 456 g/mol. The van der Waals surface area contributed by atoms with E-state index < -0.39 is 12.1 Å². The number of pyridine rings is 1. The number of aromatic nitrogens is 1. The molecule has 0 saturated carbocycles. The van der Waals surface area contributed by atoms with Crippen molar-refractivity contribution in [3.05, 3.63) is 54.4 Å². The Bertz CT molecular complexity index is 1020. The SMILES string of the molecule is CC(C)(C)CC(=O)N1C[C@H](O)C[C@H]1C(=O)N[C@@H](CN1CCOCC1)c1ccc(-c2cccnc2)cc1. The van der Waals surface area contributed by atoms with E-state index in [1.54, 1.807) is 11.1 Å². The predicted octanol–water partition coefficient (Wildman–Crippen LogP) is 2.64. The fraction of sp³-hybridized carbons (Fsp3) is 0.536. The van der Waals surface area contributed by atoms with Crippen LogP contribution in [0.4, 0.5) is 0 Å². The highest BCUT2D eigenvalue weighted by molar-refractivity contribution is 5.89. The van der Waals surface area contributed by atoms with Crippen LogP contribution in [0.25, 0.3) is 11.1 Å². The molecule has 0 spiro atoms. The van der Waals surface area contributed by atoms with Crippen LogP contribution < -0.4 is 5.32 Å². The number of carbonyl (C=O) groups is 2. The molecule has 36 heavy (non-hydrogen) atoms. The molecule has 2 aromatic rings. The average molecular weight is 495 g/mol. The summed E-state index contributed by atoms with van der Waals surface area (Å²) in [5, 5.41) is 13.5. The van der Waals surface area contributed by atoms with Gasteiger partial charge in [0.15, 0.2) is 0 Å². The van der Waals surface area contributed by atoms with Crippen molar-refractivity contribution >= 4 is 11.8 Å². The molecule has 2 amide bonds. The zero-order chi connectivity index (χ0) is 25.7. The van der Waals surface area contributed by atoms with Gasteiger partial charge in [-0.2, -0.15) is 0 Å². The number of hydrogen-bond acceptors (Lipinski definition) is 6. The van der Waals surface area contributed by atoms with Gasteiger partial charge in [-0.25, -0.2) is 0 Å². The zero-order valence-electron chi connectivity index (χ0n) is 21.5. The lowest BCUT2D eigenvalue weighted by Gasteiger charge is -2.33. The summed E-state index contributed by atoms with van der Waals surface area (Å²) in [4.78, 5) is 34.5. The lowest BCUT2D eigenvalue weighted by molar-refractivity contribution is -0.140. The van der Waals surface area contributed by atoms with Gasteiger partial charge in [0.25, 0.3) is 0 Å². The van der Waals surface area contributed by atoms with Crippen LogP contribution in [0, 0.1) is 5.41 Å². The number of carbonyl (C=O) groups excluding carboxylic acids is 2. The van der Waals surface area contributed by atoms with Crippen LogP contribution in [0.2, 0.25) is 0 Å². The van der Waals surface area contributed by atoms with Gasteiger partial charge in [-0.15, -0.1) is 0 Å². The summed E-state index contributed by atoms with van der Waals surface area (Å²) in [7, 11) is 0. The summed E-state index contributed by atoms with van der Waals surface area (Å²) in [6.07, 6.45) is 3.47. The highest BCUT2D eigenvalue weighted by Crippen LogP contribution is 2.27. The molecule has 194 valence electrons. The van der Waals surface area contributed by atoms with Crippen molar-refractivity contribution < 1.29 is 19.4 Å². The first-order valence-electron chi connectivity index (χ1n) is 12.8. The number of likely N-dealkylation sites (tertiary alicyclic amines) is 1. The van der Waals surface area contributed by atoms with Gasteiger partial charge >= 0.3 is 0 Å². The van der Waals surface area contributed by atoms with E-state index in [2.05, 4.69) is 15.2 Å². The van der Waals surface area contributed by atoms with E-state index in [0.29, 0.717) is 26.2 Å². The maximum Gasteiger partial charge on any atom is 0.243 e. The van der Waals surface area contributed by atoms with E-state index in [-0.39, 0.29) is 36.2 Å². The summed E-state index contributed by atoms with van der Waals surface area (Å²) < 4.78 is 5.50. The standard InChI is InChI=1S/C28H38N4O4/c1-28(2,3)16-26(34)32-18-23(33)15-25(32)27(35)30-24(19-31-11-13-36-14-12-31)21-8-6-20(7-9-21)22-5-4-10-29-17-22/h4-10,17,23-25,33H,11-16,18-19H2,1-3H3,(H,30,35)/t23-,24+,25+/m1/s1. The van der Waals surface area contributed by atoms with Crippen LogP contribution in [0.1, 0.15) is 45.2 Å². The molecule has 2 aliphatic rings. The molecule has 1 aromatic carbocycles. The Morgan fingerprint density at radius 3 is 2.50 bits per heavy atom. The Hall–Kier alpha value is -2.81. The normalized spacial score (nSPS) is 21.8. The van der Waals surface area contributed by atoms with Gasteiger partial charge in [0.1, 0.15) is 6.04 Å². The quantitative estimate of drug-likeness (QED) is 0.615. The monoisotopic (exact) mass is 494 g/mol. The zero-order valence-corrected chi connectivity index (χ0v) is 21.5. The van der Waals surface area contributed by atoms with Crippen LogP contribution in [0.15, 0.2) is 48.8 Å². The molecular formula is C28H38N4O4. The van der Waals surface area contributed by atoms with E-state index >= 15 is 0 Å². The van der Waals surface area contributed by atoms with Gasteiger partial charge in [0.05, 0.1) is 25.4 Å². The molecule has 1 aromatic heterocycles. The molecule has 3 heterocycles. The topological polar surface area (TPSA) is 95.0 Å². The third-order valence-electron chi connectivity index (χ3n) is 6.75. The molecule has 8 nitrogen and oxygen atoms in total. The summed E-state index contributed by atoms with van der Waals surface area (Å²) in [5.41, 5.74) is 2.89. The average Bonchev–Trinajstić information content (AvgIpc) is 3.26. The van der Waals surface area contributed by atoms with E-state index in [4.69, 9.17) is 4.74 Å². The number of aliphatic hydroxyl groups excluding tert-OH is 1. The first-order valence-corrected chi connectivity index (χ1v) is 12.8. The maximum absolute atomic E-state index is 13.5. The van der Waals surface area contributed by atoms with Crippen molar-refractivity contribution in [3.8, 4) is 11.1 Å². The lowest BCUT2D eigenvalue weighted by Crippen LogP contribution is -2.49. The number of morpholine rings is 1. The predicted molar refractivity (Wildman–Crippen MR) is 138 cm³/mol. The first kappa shape index (κ1) is 26.3. The van der Waals surface area contributed by atoms with Crippen LogP contribution in [-0.4, -0.2) is 83.2 Å². The number of aliphatic hydroxyl groups is 1. The fourth-order valence-corrected chi connectivity index (χ4v) is 4.88. The highest BCUT2D eigenvalue weighted by atomic mass is 16.5. The van der Waals surface area contributed by atoms with Crippen molar-refractivity contribution in [1.82, 2.24) is 20.1 Å². The highest BCUT2D eigenvalue weighted by Gasteiger charge is 2.40. The molecule has 4 rings (SSSR count). The Balaban J connectivity index is 1.52. The van der Waals surface area contributed by atoms with Gasteiger partial charge in [0, 0.05) is 51.4 Å². The van der Waals surface area contributed by atoms with Gasteiger partial charge in [-0.05, 0) is 28.2 Å². The summed E-state index contributed by atoms with van der Waals surface area (Å²) >= 11 is 0. The van der Waals surface area contributed by atoms with E-state index in [9.17, 15) is 14.7 Å². The van der Waals surface area contributed by atoms with E-state index in [1.807, 2.05) is 63.4 Å². The number of ether oxygens (including phenoxy) is 1. The number of amides is 2. The number of hydrogen-bond donors (Lipinski definition) is 2. The molecule has 0 aliphatic carbocycles. The van der Waals surface area contributed by atoms with E-state index in [0.717, 1.165) is 29.8 Å². The van der Waals surface area contributed by atoms with Gasteiger partial charge in [-0.1, -0.05) is 51.1 Å². The second-order valence-corrected chi connectivity index (χ2v) is 11.0. The molecule has 0 bridgehead atoms. The Morgan fingerprint density at radius 2 is 1.86 bits per heavy atom. The van der Waals surface area contributed by atoms with Crippen molar-refractivity contribution in [3.63, 3.8) is 0 Å².